The number of carbonyl (C=O) groups is 1. The largest absolute Gasteiger partial charge is 0.350 e. The van der Waals surface area contributed by atoms with Crippen molar-refractivity contribution in [2.75, 3.05) is 6.54 Å². The predicted octanol–water partition coefficient (Wildman–Crippen LogP) is 2.35. The smallest absolute Gasteiger partial charge is 0.338 e. The minimum atomic E-state index is -0.868. The van der Waals surface area contributed by atoms with E-state index in [1.54, 1.807) is 12.1 Å². The molecule has 0 bridgehead atoms. The van der Waals surface area contributed by atoms with Gasteiger partial charge in [-0.3, -0.25) is 5.21 Å². The summed E-state index contributed by atoms with van der Waals surface area (Å²) in [5.74, 6) is -0.107. The summed E-state index contributed by atoms with van der Waals surface area (Å²) in [7, 11) is 0. The monoisotopic (exact) mass is 258 g/mol. The number of carbonyl (C=O) groups excluding carboxylic acids is 1. The van der Waals surface area contributed by atoms with Crippen LogP contribution in [0.1, 0.15) is 17.9 Å². The highest BCUT2D eigenvalue weighted by Crippen LogP contribution is 2.48. The van der Waals surface area contributed by atoms with Crippen LogP contribution in [0.25, 0.3) is 0 Å². The van der Waals surface area contributed by atoms with E-state index in [-0.39, 0.29) is 23.4 Å². The molecule has 4 nitrogen and oxygen atoms in total. The number of hydrogen-bond acceptors (Lipinski definition) is 2. The molecular formula is C11H12ClFN2O2. The second-order valence-electron chi connectivity index (χ2n) is 4.20. The average molecular weight is 259 g/mol. The van der Waals surface area contributed by atoms with E-state index in [4.69, 9.17) is 17.3 Å². The van der Waals surface area contributed by atoms with Gasteiger partial charge in [0.25, 0.3) is 0 Å². The molecular weight excluding hydrogens is 247 g/mol. The van der Waals surface area contributed by atoms with Gasteiger partial charge in [-0.15, -0.1) is 0 Å². The van der Waals surface area contributed by atoms with Gasteiger partial charge in [-0.2, -0.15) is 0 Å². The summed E-state index contributed by atoms with van der Waals surface area (Å²) in [5, 5.41) is 9.76. The molecule has 0 aromatic heterocycles. The molecule has 2 atom stereocenters. The number of halogens is 2. The maximum absolute atomic E-state index is 13.0. The summed E-state index contributed by atoms with van der Waals surface area (Å²) in [6.45, 7) is 0.189. The van der Waals surface area contributed by atoms with Crippen LogP contribution in [0.15, 0.2) is 18.2 Å². The predicted molar refractivity (Wildman–Crippen MR) is 60.3 cm³/mol. The number of hydroxylamine groups is 2. The van der Waals surface area contributed by atoms with Gasteiger partial charge in [0.05, 0.1) is 11.6 Å². The number of primary amides is 1. The van der Waals surface area contributed by atoms with Crippen molar-refractivity contribution >= 4 is 17.6 Å². The van der Waals surface area contributed by atoms with Gasteiger partial charge in [0.15, 0.2) is 0 Å². The number of rotatable bonds is 3. The molecule has 17 heavy (non-hydrogen) atoms. The number of nitrogens with two attached hydrogens (primary N) is 1. The average Bonchev–Trinajstić information content (AvgIpc) is 3.01. The molecule has 0 unspecified atom stereocenters. The van der Waals surface area contributed by atoms with Crippen LogP contribution < -0.4 is 5.73 Å². The Balaban J connectivity index is 1.98. The molecule has 6 heteroatoms. The normalized spacial score (nSPS) is 22.3. The van der Waals surface area contributed by atoms with E-state index in [1.807, 2.05) is 0 Å². The second-order valence-corrected chi connectivity index (χ2v) is 4.60. The lowest BCUT2D eigenvalue weighted by Gasteiger charge is -2.11. The fraction of sp³-hybridized carbons (Fsp3) is 0.364. The fourth-order valence-electron chi connectivity index (χ4n) is 1.91. The summed E-state index contributed by atoms with van der Waals surface area (Å²) in [4.78, 5) is 10.6. The topological polar surface area (TPSA) is 66.6 Å². The van der Waals surface area contributed by atoms with Gasteiger partial charge in [-0.25, -0.2) is 14.2 Å². The van der Waals surface area contributed by atoms with Crippen LogP contribution in [0.3, 0.4) is 0 Å². The highest BCUT2D eigenvalue weighted by molar-refractivity contribution is 6.30. The van der Waals surface area contributed by atoms with Gasteiger partial charge >= 0.3 is 6.03 Å². The van der Waals surface area contributed by atoms with Crippen molar-refractivity contribution in [2.45, 2.75) is 12.3 Å². The molecule has 0 heterocycles. The van der Waals surface area contributed by atoms with Crippen LogP contribution in [0.5, 0.6) is 0 Å². The third-order valence-electron chi connectivity index (χ3n) is 2.96. The summed E-state index contributed by atoms with van der Waals surface area (Å²) >= 11 is 5.68. The maximum atomic E-state index is 13.0. The van der Waals surface area contributed by atoms with Crippen LogP contribution in [0.4, 0.5) is 9.18 Å². The minimum absolute atomic E-state index is 0.0869. The van der Waals surface area contributed by atoms with Gasteiger partial charge in [-0.05, 0) is 36.0 Å². The van der Waals surface area contributed by atoms with Crippen LogP contribution in [-0.4, -0.2) is 22.8 Å². The van der Waals surface area contributed by atoms with Crippen molar-refractivity contribution in [1.82, 2.24) is 5.06 Å². The Labute approximate surface area is 103 Å². The Kier molecular flexibility index (Phi) is 3.22. The van der Waals surface area contributed by atoms with Crippen LogP contribution in [-0.2, 0) is 0 Å². The molecule has 3 N–H and O–H groups in total. The lowest BCUT2D eigenvalue weighted by molar-refractivity contribution is -0.0431. The SMILES string of the molecule is NC(=O)N(O)C[C@@H]1C[C@H]1c1ccc(F)c(Cl)c1. The molecule has 1 aliphatic carbocycles. The zero-order valence-electron chi connectivity index (χ0n) is 8.94. The molecule has 92 valence electrons. The van der Waals surface area contributed by atoms with E-state index in [0.29, 0.717) is 5.06 Å². The summed E-state index contributed by atoms with van der Waals surface area (Å²) in [6, 6.07) is 3.69. The highest BCUT2D eigenvalue weighted by atomic mass is 35.5. The van der Waals surface area contributed by atoms with Crippen LogP contribution >= 0.6 is 11.6 Å². The molecule has 2 rings (SSSR count). The first-order chi connectivity index (χ1) is 7.99. The van der Waals surface area contributed by atoms with Crippen molar-refractivity contribution in [2.24, 2.45) is 11.7 Å². The van der Waals surface area contributed by atoms with Gasteiger partial charge < -0.3 is 5.73 Å². The van der Waals surface area contributed by atoms with Crippen molar-refractivity contribution < 1.29 is 14.4 Å². The van der Waals surface area contributed by atoms with E-state index in [0.717, 1.165) is 12.0 Å². The molecule has 1 saturated carbocycles. The standard InChI is InChI=1S/C11H12ClFN2O2/c12-9-4-6(1-2-10(9)13)8-3-7(8)5-15(17)11(14)16/h1-2,4,7-8,17H,3,5H2,(H2,14,16)/t7-,8-/m0/s1. The molecule has 1 aromatic carbocycles. The Morgan fingerprint density at radius 1 is 1.65 bits per heavy atom. The van der Waals surface area contributed by atoms with Gasteiger partial charge in [-0.1, -0.05) is 17.7 Å². The zero-order chi connectivity index (χ0) is 12.6. The van der Waals surface area contributed by atoms with Crippen LogP contribution in [0.2, 0.25) is 5.02 Å². The molecule has 0 spiro atoms. The molecule has 1 aromatic rings. The fourth-order valence-corrected chi connectivity index (χ4v) is 2.10. The third kappa shape index (κ3) is 2.68. The number of nitrogens with zero attached hydrogens (tertiary/aromatic N) is 1. The third-order valence-corrected chi connectivity index (χ3v) is 3.25. The molecule has 0 radical (unpaired) electrons. The minimum Gasteiger partial charge on any atom is -0.350 e. The first-order valence-corrected chi connectivity index (χ1v) is 5.57. The Hall–Kier alpha value is -1.33. The molecule has 1 aliphatic rings. The molecule has 1 fully saturated rings. The van der Waals surface area contributed by atoms with Crippen molar-refractivity contribution in [1.29, 1.82) is 0 Å². The second kappa shape index (κ2) is 4.50. The Morgan fingerprint density at radius 3 is 2.94 bits per heavy atom. The van der Waals surface area contributed by atoms with Crippen molar-refractivity contribution in [3.8, 4) is 0 Å². The van der Waals surface area contributed by atoms with Gasteiger partial charge in [0.1, 0.15) is 5.82 Å². The van der Waals surface area contributed by atoms with Crippen molar-refractivity contribution in [3.05, 3.63) is 34.6 Å². The highest BCUT2D eigenvalue weighted by Gasteiger charge is 2.40. The summed E-state index contributed by atoms with van der Waals surface area (Å²) < 4.78 is 13.0. The molecule has 0 saturated heterocycles. The molecule has 0 aliphatic heterocycles. The molecule has 2 amide bonds. The zero-order valence-corrected chi connectivity index (χ0v) is 9.69. The Bertz CT molecular complexity index is 455. The quantitative estimate of drug-likeness (QED) is 0.646. The first kappa shape index (κ1) is 12.1. The lowest BCUT2D eigenvalue weighted by atomic mass is 10.1. The number of amides is 2. The van der Waals surface area contributed by atoms with E-state index in [9.17, 15) is 14.4 Å². The lowest BCUT2D eigenvalue weighted by Crippen LogP contribution is -2.34. The number of urea groups is 1. The Morgan fingerprint density at radius 2 is 2.35 bits per heavy atom. The van der Waals surface area contributed by atoms with Gasteiger partial charge in [0.2, 0.25) is 0 Å². The maximum Gasteiger partial charge on any atom is 0.338 e. The number of hydrogen-bond donors (Lipinski definition) is 2. The van der Waals surface area contributed by atoms with E-state index < -0.39 is 11.8 Å². The van der Waals surface area contributed by atoms with E-state index in [2.05, 4.69) is 0 Å². The summed E-state index contributed by atoms with van der Waals surface area (Å²) in [6.07, 6.45) is 0.826. The van der Waals surface area contributed by atoms with E-state index in [1.165, 1.54) is 6.07 Å². The first-order valence-electron chi connectivity index (χ1n) is 5.20. The van der Waals surface area contributed by atoms with E-state index >= 15 is 0 Å². The van der Waals surface area contributed by atoms with Crippen molar-refractivity contribution in [3.63, 3.8) is 0 Å². The summed E-state index contributed by atoms with van der Waals surface area (Å²) in [5.41, 5.74) is 5.82. The van der Waals surface area contributed by atoms with Crippen LogP contribution in [0, 0.1) is 11.7 Å². The van der Waals surface area contributed by atoms with Gasteiger partial charge in [0, 0.05) is 0 Å². The number of benzene rings is 1.